The number of hydrogen-bond donors (Lipinski definition) is 0. The molecule has 0 aromatic heterocycles. The first-order chi connectivity index (χ1) is 13.1. The van der Waals surface area contributed by atoms with E-state index < -0.39 is 27.5 Å². The van der Waals surface area contributed by atoms with Crippen LogP contribution in [0.15, 0.2) is 0 Å². The van der Waals surface area contributed by atoms with Crippen LogP contribution in [0.2, 0.25) is 38.8 Å². The van der Waals surface area contributed by atoms with Gasteiger partial charge in [-0.2, -0.15) is 0 Å². The van der Waals surface area contributed by atoms with E-state index in [1.165, 1.54) is 0 Å². The second kappa shape index (κ2) is 11.6. The first kappa shape index (κ1) is 28.3. The molecule has 0 fully saturated rings. The van der Waals surface area contributed by atoms with Gasteiger partial charge in [0.2, 0.25) is 0 Å². The molecule has 172 valence electrons. The molecule has 0 N–H and O–H groups in total. The van der Waals surface area contributed by atoms with Crippen molar-refractivity contribution in [2.75, 3.05) is 26.9 Å². The molecule has 0 saturated carbocycles. The third-order valence-electron chi connectivity index (χ3n) is 4.92. The number of hydrogen-bond acceptors (Lipinski definition) is 6. The molecule has 0 aliphatic heterocycles. The van der Waals surface area contributed by atoms with Crippen molar-refractivity contribution in [3.05, 3.63) is 0 Å². The Bertz CT molecular complexity index is 528. The van der Waals surface area contributed by atoms with Crippen LogP contribution in [-0.4, -0.2) is 55.5 Å². The maximum atomic E-state index is 12.8. The van der Waals surface area contributed by atoms with Crippen LogP contribution in [0.3, 0.4) is 0 Å². The summed E-state index contributed by atoms with van der Waals surface area (Å²) in [6.45, 7) is 19.5. The van der Waals surface area contributed by atoms with Crippen LogP contribution in [0.25, 0.3) is 0 Å². The van der Waals surface area contributed by atoms with Crippen molar-refractivity contribution in [1.82, 2.24) is 0 Å². The molecule has 6 nitrogen and oxygen atoms in total. The average Bonchev–Trinajstić information content (AvgIpc) is 2.55. The Hall–Kier alpha value is -0.706. The van der Waals surface area contributed by atoms with E-state index in [4.69, 9.17) is 18.3 Å². The minimum Gasteiger partial charge on any atom is -0.465 e. The van der Waals surface area contributed by atoms with E-state index in [1.54, 1.807) is 7.11 Å². The van der Waals surface area contributed by atoms with E-state index in [0.29, 0.717) is 26.1 Å². The SMILES string of the molecule is CCC(C)(CC(C)(C)C(=O)OCCOC)C(=O)OCCC[Si](C)(C)O[Si](C)(C)C. The van der Waals surface area contributed by atoms with E-state index in [0.717, 1.165) is 12.5 Å². The van der Waals surface area contributed by atoms with Crippen LogP contribution in [0.4, 0.5) is 0 Å². The summed E-state index contributed by atoms with van der Waals surface area (Å²) in [5, 5.41) is 0. The van der Waals surface area contributed by atoms with Crippen molar-refractivity contribution in [2.45, 2.75) is 85.7 Å². The monoisotopic (exact) mass is 448 g/mol. The molecule has 0 spiro atoms. The summed E-state index contributed by atoms with van der Waals surface area (Å²) in [6.07, 6.45) is 1.78. The van der Waals surface area contributed by atoms with E-state index in [9.17, 15) is 9.59 Å². The minimum absolute atomic E-state index is 0.214. The summed E-state index contributed by atoms with van der Waals surface area (Å²) in [6, 6.07) is 0.963. The van der Waals surface area contributed by atoms with Gasteiger partial charge in [0.05, 0.1) is 24.0 Å². The molecule has 0 radical (unpaired) electrons. The first-order valence-electron chi connectivity index (χ1n) is 10.6. The fraction of sp³-hybridized carbons (Fsp3) is 0.905. The Balaban J connectivity index is 4.71. The maximum absolute atomic E-state index is 12.8. The van der Waals surface area contributed by atoms with Gasteiger partial charge in [0.15, 0.2) is 16.6 Å². The molecule has 0 amide bonds. The molecule has 1 unspecified atom stereocenters. The topological polar surface area (TPSA) is 71.1 Å². The lowest BCUT2D eigenvalue weighted by Crippen LogP contribution is -2.42. The van der Waals surface area contributed by atoms with Gasteiger partial charge in [-0.15, -0.1) is 0 Å². The van der Waals surface area contributed by atoms with Crippen LogP contribution in [0.1, 0.15) is 47.0 Å². The van der Waals surface area contributed by atoms with Gasteiger partial charge >= 0.3 is 11.9 Å². The predicted molar refractivity (Wildman–Crippen MR) is 122 cm³/mol. The van der Waals surface area contributed by atoms with Crippen LogP contribution < -0.4 is 0 Å². The van der Waals surface area contributed by atoms with Crippen LogP contribution in [0, 0.1) is 10.8 Å². The average molecular weight is 449 g/mol. The molecular weight excluding hydrogens is 404 g/mol. The van der Waals surface area contributed by atoms with E-state index >= 15 is 0 Å². The number of esters is 2. The van der Waals surface area contributed by atoms with Gasteiger partial charge in [0.25, 0.3) is 0 Å². The number of rotatable bonds is 14. The number of methoxy groups -OCH3 is 1. The van der Waals surface area contributed by atoms with Crippen LogP contribution in [0.5, 0.6) is 0 Å². The van der Waals surface area contributed by atoms with Gasteiger partial charge in [-0.05, 0) is 78.8 Å². The third-order valence-corrected chi connectivity index (χ3v) is 11.1. The second-order valence-corrected chi connectivity index (χ2v) is 19.4. The molecule has 0 rings (SSSR count). The highest BCUT2D eigenvalue weighted by atomic mass is 28.4. The normalized spacial score (nSPS) is 15.0. The van der Waals surface area contributed by atoms with Crippen molar-refractivity contribution in [1.29, 1.82) is 0 Å². The highest BCUT2D eigenvalue weighted by Gasteiger charge is 2.43. The molecule has 0 aliphatic rings. The molecule has 0 saturated heterocycles. The highest BCUT2D eigenvalue weighted by Crippen LogP contribution is 2.38. The Labute approximate surface area is 180 Å². The molecule has 8 heteroatoms. The summed E-state index contributed by atoms with van der Waals surface area (Å²) in [4.78, 5) is 25.2. The number of carbonyl (C=O) groups excluding carboxylic acids is 2. The summed E-state index contributed by atoms with van der Waals surface area (Å²) in [7, 11) is -1.73. The molecule has 1 atom stereocenters. The highest BCUT2D eigenvalue weighted by molar-refractivity contribution is 6.84. The number of carbonyl (C=O) groups is 2. The fourth-order valence-corrected chi connectivity index (χ4v) is 11.6. The van der Waals surface area contributed by atoms with E-state index in [2.05, 4.69) is 32.7 Å². The smallest absolute Gasteiger partial charge is 0.311 e. The van der Waals surface area contributed by atoms with E-state index in [1.807, 2.05) is 27.7 Å². The summed E-state index contributed by atoms with van der Waals surface area (Å²) < 4.78 is 22.1. The fourth-order valence-electron chi connectivity index (χ4n) is 3.52. The lowest BCUT2D eigenvalue weighted by molar-refractivity contribution is -0.163. The lowest BCUT2D eigenvalue weighted by atomic mass is 9.72. The zero-order valence-corrected chi connectivity index (χ0v) is 22.4. The quantitative estimate of drug-likeness (QED) is 0.212. The molecule has 0 bridgehead atoms. The standard InChI is InChI=1S/C21H44O6Si2/c1-11-21(4,17-20(2,3)18(22)26-15-14-24-5)19(23)25-13-12-16-29(9,10)27-28(6,7)8/h11-17H2,1-10H3. The molecule has 0 aliphatic carbocycles. The largest absolute Gasteiger partial charge is 0.465 e. The summed E-state index contributed by atoms with van der Waals surface area (Å²) in [5.74, 6) is -0.568. The predicted octanol–water partition coefficient (Wildman–Crippen LogP) is 5.00. The first-order valence-corrected chi connectivity index (χ1v) is 17.1. The Morgan fingerprint density at radius 2 is 1.41 bits per heavy atom. The maximum Gasteiger partial charge on any atom is 0.311 e. The van der Waals surface area contributed by atoms with Crippen molar-refractivity contribution in [3.8, 4) is 0 Å². The lowest BCUT2D eigenvalue weighted by Gasteiger charge is -2.34. The number of ether oxygens (including phenoxy) is 3. The van der Waals surface area contributed by atoms with Gasteiger partial charge in [-0.25, -0.2) is 0 Å². The molecule has 0 heterocycles. The van der Waals surface area contributed by atoms with Crippen molar-refractivity contribution >= 4 is 28.6 Å². The minimum atomic E-state index is -1.74. The Morgan fingerprint density at radius 1 is 0.862 bits per heavy atom. The third kappa shape index (κ3) is 11.3. The summed E-state index contributed by atoms with van der Waals surface area (Å²) >= 11 is 0. The zero-order chi connectivity index (χ0) is 22.9. The molecule has 0 aromatic carbocycles. The second-order valence-electron chi connectivity index (χ2n) is 10.3. The molecule has 0 aromatic rings. The van der Waals surface area contributed by atoms with Crippen LogP contribution in [-0.2, 0) is 27.9 Å². The van der Waals surface area contributed by atoms with Gasteiger partial charge in [-0.3, -0.25) is 9.59 Å². The Kier molecular flexibility index (Phi) is 11.3. The van der Waals surface area contributed by atoms with Gasteiger partial charge in [0.1, 0.15) is 6.61 Å². The Morgan fingerprint density at radius 3 is 1.90 bits per heavy atom. The zero-order valence-electron chi connectivity index (χ0n) is 20.4. The van der Waals surface area contributed by atoms with Crippen LogP contribution >= 0.6 is 0 Å². The van der Waals surface area contributed by atoms with E-state index in [-0.39, 0.29) is 18.5 Å². The van der Waals surface area contributed by atoms with Gasteiger partial charge < -0.3 is 18.3 Å². The van der Waals surface area contributed by atoms with Crippen molar-refractivity contribution < 1.29 is 27.9 Å². The van der Waals surface area contributed by atoms with Gasteiger partial charge in [-0.1, -0.05) is 6.92 Å². The molecular formula is C21H44O6Si2. The van der Waals surface area contributed by atoms with Gasteiger partial charge in [0, 0.05) is 7.11 Å². The van der Waals surface area contributed by atoms with Crippen molar-refractivity contribution in [2.24, 2.45) is 10.8 Å². The van der Waals surface area contributed by atoms with Crippen molar-refractivity contribution in [3.63, 3.8) is 0 Å². The summed E-state index contributed by atoms with van der Waals surface area (Å²) in [5.41, 5.74) is -1.51. The molecule has 29 heavy (non-hydrogen) atoms.